The van der Waals surface area contributed by atoms with Gasteiger partial charge < -0.3 is 20.1 Å². The number of halogens is 2. The van der Waals surface area contributed by atoms with Gasteiger partial charge in [0.05, 0.1) is 12.1 Å². The molecule has 140 valence electrons. The summed E-state index contributed by atoms with van der Waals surface area (Å²) in [5.74, 6) is -1.08. The summed E-state index contributed by atoms with van der Waals surface area (Å²) in [6.45, 7) is 4.83. The third-order valence-electron chi connectivity index (χ3n) is 4.16. The molecular formula is C18H27F2N3O2. The molecule has 25 heavy (non-hydrogen) atoms. The summed E-state index contributed by atoms with van der Waals surface area (Å²) in [6.07, 6.45) is 3.09. The first-order valence-corrected chi connectivity index (χ1v) is 8.71. The first-order valence-electron chi connectivity index (χ1n) is 8.71. The highest BCUT2D eigenvalue weighted by Gasteiger charge is 2.14. The van der Waals surface area contributed by atoms with Crippen molar-refractivity contribution in [3.05, 3.63) is 35.4 Å². The highest BCUT2D eigenvalue weighted by Crippen LogP contribution is 2.15. The molecule has 5 nitrogen and oxygen atoms in total. The molecule has 1 aliphatic heterocycles. The van der Waals surface area contributed by atoms with Gasteiger partial charge in [-0.15, -0.1) is 0 Å². The molecule has 7 heteroatoms. The van der Waals surface area contributed by atoms with Gasteiger partial charge in [0.2, 0.25) is 0 Å². The van der Waals surface area contributed by atoms with Crippen LogP contribution in [0.5, 0.6) is 0 Å². The molecule has 0 amide bonds. The first kappa shape index (κ1) is 19.6. The minimum Gasteiger partial charge on any atom is -0.381 e. The van der Waals surface area contributed by atoms with Crippen molar-refractivity contribution in [3.63, 3.8) is 0 Å². The van der Waals surface area contributed by atoms with E-state index < -0.39 is 11.6 Å². The Kier molecular flexibility index (Phi) is 8.08. The lowest BCUT2D eigenvalue weighted by Gasteiger charge is -2.22. The standard InChI is InChI=1S/C18H27F2N3O2/c1-13(14-4-5-16(19)17(20)12-14)23-18(21-2)22-8-3-9-25-15-6-10-24-11-7-15/h4-5,12-13,15H,3,6-11H2,1-2H3,(H2,21,22,23). The van der Waals surface area contributed by atoms with Crippen LogP contribution in [0, 0.1) is 11.6 Å². The van der Waals surface area contributed by atoms with Crippen LogP contribution >= 0.6 is 0 Å². The monoisotopic (exact) mass is 355 g/mol. The maximum absolute atomic E-state index is 13.3. The number of benzene rings is 1. The van der Waals surface area contributed by atoms with Gasteiger partial charge >= 0.3 is 0 Å². The number of rotatable bonds is 7. The SMILES string of the molecule is CN=C(NCCCOC1CCOCC1)NC(C)c1ccc(F)c(F)c1. The Morgan fingerprint density at radius 2 is 2.08 bits per heavy atom. The molecule has 0 saturated carbocycles. The molecule has 1 fully saturated rings. The molecule has 2 N–H and O–H groups in total. The fourth-order valence-corrected chi connectivity index (χ4v) is 2.64. The molecule has 0 spiro atoms. The summed E-state index contributed by atoms with van der Waals surface area (Å²) in [6, 6.07) is 3.69. The molecule has 0 bridgehead atoms. The third kappa shape index (κ3) is 6.59. The van der Waals surface area contributed by atoms with Gasteiger partial charge in [-0.3, -0.25) is 4.99 Å². The van der Waals surface area contributed by atoms with Crippen molar-refractivity contribution in [2.24, 2.45) is 4.99 Å². The number of guanidine groups is 1. The summed E-state index contributed by atoms with van der Waals surface area (Å²) in [4.78, 5) is 4.15. The lowest BCUT2D eigenvalue weighted by molar-refractivity contribution is -0.0320. The second-order valence-electron chi connectivity index (χ2n) is 6.07. The summed E-state index contributed by atoms with van der Waals surface area (Å²) in [5, 5.41) is 6.36. The fourth-order valence-electron chi connectivity index (χ4n) is 2.64. The summed E-state index contributed by atoms with van der Waals surface area (Å²) < 4.78 is 37.5. The number of hydrogen-bond donors (Lipinski definition) is 2. The molecule has 1 heterocycles. The Labute approximate surface area is 147 Å². The molecule has 1 aliphatic rings. The average molecular weight is 355 g/mol. The quantitative estimate of drug-likeness (QED) is 0.449. The number of ether oxygens (including phenoxy) is 2. The zero-order valence-corrected chi connectivity index (χ0v) is 14.9. The molecule has 0 aromatic heterocycles. The van der Waals surface area contributed by atoms with E-state index in [1.807, 2.05) is 6.92 Å². The van der Waals surface area contributed by atoms with Crippen LogP contribution in [0.15, 0.2) is 23.2 Å². The van der Waals surface area contributed by atoms with Crippen molar-refractivity contribution in [3.8, 4) is 0 Å². The lowest BCUT2D eigenvalue weighted by atomic mass is 10.1. The zero-order chi connectivity index (χ0) is 18.1. The maximum Gasteiger partial charge on any atom is 0.191 e. The molecule has 1 aromatic rings. The van der Waals surface area contributed by atoms with Crippen LogP contribution < -0.4 is 10.6 Å². The predicted molar refractivity (Wildman–Crippen MR) is 93.7 cm³/mol. The van der Waals surface area contributed by atoms with E-state index in [1.54, 1.807) is 13.1 Å². The van der Waals surface area contributed by atoms with Gasteiger partial charge in [-0.05, 0) is 43.9 Å². The van der Waals surface area contributed by atoms with Gasteiger partial charge in [-0.1, -0.05) is 6.07 Å². The Bertz CT molecular complexity index is 563. The second kappa shape index (κ2) is 10.3. The third-order valence-corrected chi connectivity index (χ3v) is 4.16. The molecule has 1 atom stereocenters. The summed E-state index contributed by atoms with van der Waals surface area (Å²) in [7, 11) is 1.67. The number of nitrogens with one attached hydrogen (secondary N) is 2. The van der Waals surface area contributed by atoms with Crippen molar-refractivity contribution >= 4 is 5.96 Å². The van der Waals surface area contributed by atoms with Crippen molar-refractivity contribution < 1.29 is 18.3 Å². The van der Waals surface area contributed by atoms with E-state index in [9.17, 15) is 8.78 Å². The van der Waals surface area contributed by atoms with E-state index in [4.69, 9.17) is 9.47 Å². The highest BCUT2D eigenvalue weighted by molar-refractivity contribution is 5.80. The highest BCUT2D eigenvalue weighted by atomic mass is 19.2. The Hall–Kier alpha value is -1.73. The van der Waals surface area contributed by atoms with Gasteiger partial charge in [0.1, 0.15) is 0 Å². The van der Waals surface area contributed by atoms with E-state index >= 15 is 0 Å². The summed E-state index contributed by atoms with van der Waals surface area (Å²) in [5.41, 5.74) is 0.657. The predicted octanol–water partition coefficient (Wildman–Crippen LogP) is 2.78. The maximum atomic E-state index is 13.3. The van der Waals surface area contributed by atoms with E-state index in [0.717, 1.165) is 38.5 Å². The topological polar surface area (TPSA) is 54.9 Å². The average Bonchev–Trinajstić information content (AvgIpc) is 2.63. The van der Waals surface area contributed by atoms with Gasteiger partial charge in [-0.2, -0.15) is 0 Å². The molecule has 2 rings (SSSR count). The van der Waals surface area contributed by atoms with Crippen LogP contribution in [-0.2, 0) is 9.47 Å². The van der Waals surface area contributed by atoms with Gasteiger partial charge in [0.25, 0.3) is 0 Å². The minimum absolute atomic E-state index is 0.195. The van der Waals surface area contributed by atoms with E-state index in [0.29, 0.717) is 30.8 Å². The van der Waals surface area contributed by atoms with Gasteiger partial charge in [0, 0.05) is 33.4 Å². The van der Waals surface area contributed by atoms with Crippen molar-refractivity contribution in [2.75, 3.05) is 33.4 Å². The molecule has 1 unspecified atom stereocenters. The van der Waals surface area contributed by atoms with Crippen LogP contribution in [0.1, 0.15) is 37.8 Å². The molecular weight excluding hydrogens is 328 g/mol. The Morgan fingerprint density at radius 1 is 1.32 bits per heavy atom. The summed E-state index contributed by atoms with van der Waals surface area (Å²) >= 11 is 0. The van der Waals surface area contributed by atoms with Crippen LogP contribution in [-0.4, -0.2) is 45.5 Å². The normalized spacial score (nSPS) is 17.4. The minimum atomic E-state index is -0.848. The smallest absolute Gasteiger partial charge is 0.191 e. The van der Waals surface area contributed by atoms with E-state index in [-0.39, 0.29) is 6.04 Å². The van der Waals surface area contributed by atoms with Crippen LogP contribution in [0.4, 0.5) is 8.78 Å². The first-order chi connectivity index (χ1) is 12.1. The van der Waals surface area contributed by atoms with Gasteiger partial charge in [0.15, 0.2) is 17.6 Å². The largest absolute Gasteiger partial charge is 0.381 e. The van der Waals surface area contributed by atoms with E-state index in [1.165, 1.54) is 6.07 Å². The second-order valence-corrected chi connectivity index (χ2v) is 6.07. The van der Waals surface area contributed by atoms with Gasteiger partial charge in [-0.25, -0.2) is 8.78 Å². The number of hydrogen-bond acceptors (Lipinski definition) is 3. The van der Waals surface area contributed by atoms with Crippen molar-refractivity contribution in [2.45, 2.75) is 38.3 Å². The number of nitrogens with zero attached hydrogens (tertiary/aromatic N) is 1. The zero-order valence-electron chi connectivity index (χ0n) is 14.9. The van der Waals surface area contributed by atoms with Crippen molar-refractivity contribution in [1.29, 1.82) is 0 Å². The van der Waals surface area contributed by atoms with Crippen LogP contribution in [0.2, 0.25) is 0 Å². The molecule has 0 radical (unpaired) electrons. The molecule has 0 aliphatic carbocycles. The molecule has 1 saturated heterocycles. The molecule has 1 aromatic carbocycles. The Balaban J connectivity index is 1.68. The van der Waals surface area contributed by atoms with E-state index in [2.05, 4.69) is 15.6 Å². The number of aliphatic imine (C=N–C) groups is 1. The van der Waals surface area contributed by atoms with Crippen LogP contribution in [0.25, 0.3) is 0 Å². The van der Waals surface area contributed by atoms with Crippen LogP contribution in [0.3, 0.4) is 0 Å². The Morgan fingerprint density at radius 3 is 2.76 bits per heavy atom. The van der Waals surface area contributed by atoms with Crippen molar-refractivity contribution in [1.82, 2.24) is 10.6 Å². The lowest BCUT2D eigenvalue weighted by Crippen LogP contribution is -2.39. The fraction of sp³-hybridized carbons (Fsp3) is 0.611.